The molecule has 0 spiro atoms. The summed E-state index contributed by atoms with van der Waals surface area (Å²) < 4.78 is 27.8. The van der Waals surface area contributed by atoms with Gasteiger partial charge in [0.2, 0.25) is 10.0 Å². The minimum atomic E-state index is -3.79. The van der Waals surface area contributed by atoms with Crippen molar-refractivity contribution in [1.82, 2.24) is 4.31 Å². The number of sulfonamides is 1. The fraction of sp³-hybridized carbons (Fsp3) is 0.333. The molecule has 0 aliphatic carbocycles. The van der Waals surface area contributed by atoms with Crippen LogP contribution < -0.4 is 0 Å². The van der Waals surface area contributed by atoms with Crippen LogP contribution in [0.3, 0.4) is 0 Å². The van der Waals surface area contributed by atoms with Crippen molar-refractivity contribution in [1.29, 1.82) is 0 Å². The first-order valence-electron chi connectivity index (χ1n) is 9.04. The molecule has 0 aliphatic rings. The molecule has 0 saturated heterocycles. The summed E-state index contributed by atoms with van der Waals surface area (Å²) >= 11 is 11.8. The highest BCUT2D eigenvalue weighted by Gasteiger charge is 2.30. The van der Waals surface area contributed by atoms with E-state index in [1.807, 2.05) is 32.1 Å². The Morgan fingerprint density at radius 2 is 1.54 bits per heavy atom. The molecule has 7 heteroatoms. The quantitative estimate of drug-likeness (QED) is 0.588. The lowest BCUT2D eigenvalue weighted by molar-refractivity contribution is 0.175. The molecule has 0 heterocycles. The van der Waals surface area contributed by atoms with E-state index in [0.29, 0.717) is 16.5 Å². The number of aliphatic hydroxyl groups excluding tert-OH is 1. The molecule has 1 unspecified atom stereocenters. The molecule has 0 radical (unpaired) electrons. The molecule has 2 rings (SSSR count). The molecular weight excluding hydrogens is 417 g/mol. The molecule has 0 aromatic heterocycles. The van der Waals surface area contributed by atoms with Crippen molar-refractivity contribution in [3.05, 3.63) is 70.2 Å². The van der Waals surface area contributed by atoms with Gasteiger partial charge in [-0.05, 0) is 54.3 Å². The van der Waals surface area contributed by atoms with E-state index in [1.165, 1.54) is 16.4 Å². The van der Waals surface area contributed by atoms with E-state index < -0.39 is 16.1 Å². The average molecular weight is 442 g/mol. The van der Waals surface area contributed by atoms with E-state index in [2.05, 4.69) is 0 Å². The Bertz CT molecular complexity index is 879. The average Bonchev–Trinajstić information content (AvgIpc) is 2.65. The van der Waals surface area contributed by atoms with Gasteiger partial charge in [0.15, 0.2) is 0 Å². The molecule has 152 valence electrons. The summed E-state index contributed by atoms with van der Waals surface area (Å²) in [6.07, 6.45) is 4.17. The Balaban J connectivity index is 2.32. The molecular formula is C21H25Cl2NO3S. The fourth-order valence-corrected chi connectivity index (χ4v) is 4.71. The summed E-state index contributed by atoms with van der Waals surface area (Å²) in [6, 6.07) is 12.8. The molecule has 0 saturated carbocycles. The summed E-state index contributed by atoms with van der Waals surface area (Å²) in [6.45, 7) is 3.89. The van der Waals surface area contributed by atoms with Crippen molar-refractivity contribution >= 4 is 39.3 Å². The molecule has 2 aromatic rings. The van der Waals surface area contributed by atoms with Crippen LogP contribution in [0.25, 0.3) is 6.08 Å². The SMILES string of the molecule is CC(C)CC(CO)N(CC=Cc1ccc(Cl)cc1)S(=O)(=O)c1ccc(Cl)cc1. The third-order valence-electron chi connectivity index (χ3n) is 4.25. The third kappa shape index (κ3) is 6.33. The van der Waals surface area contributed by atoms with E-state index in [9.17, 15) is 13.5 Å². The first-order valence-corrected chi connectivity index (χ1v) is 11.2. The van der Waals surface area contributed by atoms with Gasteiger partial charge in [-0.15, -0.1) is 0 Å². The standard InChI is InChI=1S/C21H25Cl2NO3S/c1-16(2)14-20(15-25)24(13-3-4-17-5-7-18(22)8-6-17)28(26,27)21-11-9-19(23)10-12-21/h3-12,16,20,25H,13-15H2,1-2H3. The molecule has 28 heavy (non-hydrogen) atoms. The Morgan fingerprint density at radius 1 is 1.00 bits per heavy atom. The molecule has 0 aliphatic heterocycles. The van der Waals surface area contributed by atoms with Gasteiger partial charge in [0.05, 0.1) is 11.5 Å². The molecule has 0 fully saturated rings. The van der Waals surface area contributed by atoms with E-state index in [4.69, 9.17) is 23.2 Å². The highest BCUT2D eigenvalue weighted by atomic mass is 35.5. The van der Waals surface area contributed by atoms with Gasteiger partial charge < -0.3 is 5.11 Å². The maximum Gasteiger partial charge on any atom is 0.243 e. The minimum absolute atomic E-state index is 0.144. The van der Waals surface area contributed by atoms with Crippen molar-refractivity contribution in [3.8, 4) is 0 Å². The Kier molecular flexibility index (Phi) is 8.53. The number of halogens is 2. The Labute approximate surface area is 177 Å². The van der Waals surface area contributed by atoms with Crippen LogP contribution >= 0.6 is 23.2 Å². The molecule has 0 bridgehead atoms. The lowest BCUT2D eigenvalue weighted by Crippen LogP contribution is -2.43. The van der Waals surface area contributed by atoms with E-state index in [0.717, 1.165) is 5.56 Å². The number of hydrogen-bond acceptors (Lipinski definition) is 3. The van der Waals surface area contributed by atoms with Crippen molar-refractivity contribution in [2.75, 3.05) is 13.2 Å². The molecule has 1 N–H and O–H groups in total. The van der Waals surface area contributed by atoms with Gasteiger partial charge in [-0.25, -0.2) is 8.42 Å². The summed E-state index contributed by atoms with van der Waals surface area (Å²) in [5.74, 6) is 0.236. The second kappa shape index (κ2) is 10.4. The maximum atomic E-state index is 13.2. The predicted molar refractivity (Wildman–Crippen MR) is 116 cm³/mol. The van der Waals surface area contributed by atoms with Crippen molar-refractivity contribution in [2.45, 2.75) is 31.2 Å². The predicted octanol–water partition coefficient (Wildman–Crippen LogP) is 5.10. The van der Waals surface area contributed by atoms with Gasteiger partial charge >= 0.3 is 0 Å². The van der Waals surface area contributed by atoms with Gasteiger partial charge in [-0.3, -0.25) is 0 Å². The lowest BCUT2D eigenvalue weighted by Gasteiger charge is -2.30. The highest BCUT2D eigenvalue weighted by Crippen LogP contribution is 2.23. The van der Waals surface area contributed by atoms with Crippen LogP contribution in [-0.4, -0.2) is 37.0 Å². The van der Waals surface area contributed by atoms with Crippen molar-refractivity contribution in [2.24, 2.45) is 5.92 Å². The number of benzene rings is 2. The van der Waals surface area contributed by atoms with Gasteiger partial charge in [-0.2, -0.15) is 4.31 Å². The second-order valence-corrected chi connectivity index (χ2v) is 9.71. The highest BCUT2D eigenvalue weighted by molar-refractivity contribution is 7.89. The topological polar surface area (TPSA) is 57.6 Å². The first kappa shape index (κ1) is 22.9. The normalized spacial score (nSPS) is 13.5. The van der Waals surface area contributed by atoms with Crippen molar-refractivity contribution in [3.63, 3.8) is 0 Å². The fourth-order valence-electron chi connectivity index (χ4n) is 2.88. The van der Waals surface area contributed by atoms with Gasteiger partial charge in [0.1, 0.15) is 0 Å². The van der Waals surface area contributed by atoms with Crippen LogP contribution in [0, 0.1) is 5.92 Å². The zero-order valence-electron chi connectivity index (χ0n) is 15.9. The monoisotopic (exact) mass is 441 g/mol. The van der Waals surface area contributed by atoms with Crippen LogP contribution in [0.5, 0.6) is 0 Å². The largest absolute Gasteiger partial charge is 0.395 e. The Morgan fingerprint density at radius 3 is 2.04 bits per heavy atom. The van der Waals surface area contributed by atoms with Crippen LogP contribution in [0.1, 0.15) is 25.8 Å². The third-order valence-corrected chi connectivity index (χ3v) is 6.68. The number of aliphatic hydroxyl groups is 1. The van der Waals surface area contributed by atoms with Crippen LogP contribution in [-0.2, 0) is 10.0 Å². The van der Waals surface area contributed by atoms with E-state index in [1.54, 1.807) is 30.3 Å². The van der Waals surface area contributed by atoms with Crippen LogP contribution in [0.15, 0.2) is 59.5 Å². The second-order valence-electron chi connectivity index (χ2n) is 6.95. The van der Waals surface area contributed by atoms with E-state index >= 15 is 0 Å². The number of rotatable bonds is 9. The lowest BCUT2D eigenvalue weighted by atomic mass is 10.0. The Hall–Kier alpha value is -1.37. The molecule has 1 atom stereocenters. The number of nitrogens with zero attached hydrogens (tertiary/aromatic N) is 1. The number of hydrogen-bond donors (Lipinski definition) is 1. The van der Waals surface area contributed by atoms with Gasteiger partial charge in [-0.1, -0.05) is 61.3 Å². The van der Waals surface area contributed by atoms with Gasteiger partial charge in [0.25, 0.3) is 0 Å². The minimum Gasteiger partial charge on any atom is -0.395 e. The van der Waals surface area contributed by atoms with Gasteiger partial charge in [0, 0.05) is 22.6 Å². The van der Waals surface area contributed by atoms with Crippen molar-refractivity contribution < 1.29 is 13.5 Å². The zero-order valence-corrected chi connectivity index (χ0v) is 18.3. The smallest absolute Gasteiger partial charge is 0.243 e. The molecule has 4 nitrogen and oxygen atoms in total. The summed E-state index contributed by atoms with van der Waals surface area (Å²) in [7, 11) is -3.79. The summed E-state index contributed by atoms with van der Waals surface area (Å²) in [4.78, 5) is 0.152. The first-order chi connectivity index (χ1) is 13.2. The molecule has 0 amide bonds. The van der Waals surface area contributed by atoms with Crippen LogP contribution in [0.4, 0.5) is 0 Å². The summed E-state index contributed by atoms with van der Waals surface area (Å²) in [5, 5.41) is 11.0. The molecule has 2 aromatic carbocycles. The zero-order chi connectivity index (χ0) is 20.7. The summed E-state index contributed by atoms with van der Waals surface area (Å²) in [5.41, 5.74) is 0.914. The van der Waals surface area contributed by atoms with E-state index in [-0.39, 0.29) is 24.0 Å². The van der Waals surface area contributed by atoms with Crippen LogP contribution in [0.2, 0.25) is 10.0 Å². The maximum absolute atomic E-state index is 13.2.